The van der Waals surface area contributed by atoms with E-state index in [9.17, 15) is 14.0 Å². The van der Waals surface area contributed by atoms with Gasteiger partial charge in [0, 0.05) is 38.5 Å². The predicted molar refractivity (Wildman–Crippen MR) is 94.1 cm³/mol. The molecule has 1 amide bonds. The van der Waals surface area contributed by atoms with Gasteiger partial charge < -0.3 is 9.64 Å². The highest BCUT2D eigenvalue weighted by Crippen LogP contribution is 2.24. The Labute approximate surface area is 151 Å². The number of ether oxygens (including phenoxy) is 1. The van der Waals surface area contributed by atoms with Gasteiger partial charge in [-0.15, -0.1) is 0 Å². The standard InChI is InChI=1S/C19H22FN3O3/c1-26-17-6-9-22(18(24)13-23-8-3-7-21-19(23)25)12-15(17)10-14-4-2-5-16(20)11-14/h2-5,7-8,11,15,17H,6,9-10,12-13H2,1H3/t15-,17-/m1/s1. The lowest BCUT2D eigenvalue weighted by molar-refractivity contribution is -0.136. The largest absolute Gasteiger partial charge is 0.381 e. The van der Waals surface area contributed by atoms with Crippen LogP contribution in [0.3, 0.4) is 0 Å². The van der Waals surface area contributed by atoms with E-state index in [2.05, 4.69) is 4.98 Å². The van der Waals surface area contributed by atoms with Gasteiger partial charge in [-0.3, -0.25) is 9.36 Å². The Morgan fingerprint density at radius 3 is 2.96 bits per heavy atom. The van der Waals surface area contributed by atoms with Crippen LogP contribution < -0.4 is 5.69 Å². The molecule has 1 fully saturated rings. The molecule has 0 unspecified atom stereocenters. The molecule has 2 atom stereocenters. The van der Waals surface area contributed by atoms with Crippen molar-refractivity contribution in [1.29, 1.82) is 0 Å². The first-order valence-electron chi connectivity index (χ1n) is 8.63. The van der Waals surface area contributed by atoms with Crippen LogP contribution >= 0.6 is 0 Å². The zero-order chi connectivity index (χ0) is 18.5. The molecule has 0 aliphatic carbocycles. The second kappa shape index (κ2) is 8.23. The zero-order valence-electron chi connectivity index (χ0n) is 14.7. The Balaban J connectivity index is 1.69. The van der Waals surface area contributed by atoms with Gasteiger partial charge in [-0.05, 0) is 36.6 Å². The maximum Gasteiger partial charge on any atom is 0.347 e. The molecule has 3 rings (SSSR count). The van der Waals surface area contributed by atoms with Crippen LogP contribution in [-0.4, -0.2) is 46.7 Å². The van der Waals surface area contributed by atoms with Gasteiger partial charge in [-0.2, -0.15) is 0 Å². The number of carbonyl (C=O) groups excluding carboxylic acids is 1. The van der Waals surface area contributed by atoms with Gasteiger partial charge in [-0.1, -0.05) is 12.1 Å². The van der Waals surface area contributed by atoms with Crippen molar-refractivity contribution in [2.24, 2.45) is 5.92 Å². The number of nitrogens with zero attached hydrogens (tertiary/aromatic N) is 3. The Morgan fingerprint density at radius 1 is 1.38 bits per heavy atom. The van der Waals surface area contributed by atoms with Crippen LogP contribution in [0, 0.1) is 11.7 Å². The first-order valence-corrected chi connectivity index (χ1v) is 8.63. The number of hydrogen-bond donors (Lipinski definition) is 0. The first kappa shape index (κ1) is 18.3. The maximum atomic E-state index is 13.5. The lowest BCUT2D eigenvalue weighted by Gasteiger charge is -2.38. The molecule has 2 aromatic rings. The van der Waals surface area contributed by atoms with E-state index < -0.39 is 5.69 Å². The van der Waals surface area contributed by atoms with Crippen molar-refractivity contribution in [2.75, 3.05) is 20.2 Å². The number of benzene rings is 1. The average molecular weight is 359 g/mol. The van der Waals surface area contributed by atoms with Crippen LogP contribution in [0.4, 0.5) is 4.39 Å². The van der Waals surface area contributed by atoms with Crippen LogP contribution in [0.2, 0.25) is 0 Å². The number of aromatic nitrogens is 2. The normalized spacial score (nSPS) is 20.2. The third-order valence-corrected chi connectivity index (χ3v) is 4.79. The minimum Gasteiger partial charge on any atom is -0.381 e. The van der Waals surface area contributed by atoms with Crippen LogP contribution in [-0.2, 0) is 22.5 Å². The fourth-order valence-corrected chi connectivity index (χ4v) is 3.46. The van der Waals surface area contributed by atoms with E-state index in [-0.39, 0.29) is 30.3 Å². The van der Waals surface area contributed by atoms with Gasteiger partial charge in [0.05, 0.1) is 6.10 Å². The second-order valence-electron chi connectivity index (χ2n) is 6.53. The first-order chi connectivity index (χ1) is 12.6. The molecule has 0 spiro atoms. The zero-order valence-corrected chi connectivity index (χ0v) is 14.7. The molecular formula is C19H22FN3O3. The van der Waals surface area contributed by atoms with Crippen LogP contribution in [0.25, 0.3) is 0 Å². The van der Waals surface area contributed by atoms with E-state index in [1.54, 1.807) is 30.3 Å². The van der Waals surface area contributed by atoms with Crippen molar-refractivity contribution >= 4 is 5.91 Å². The smallest absolute Gasteiger partial charge is 0.347 e. The van der Waals surface area contributed by atoms with Crippen LogP contribution in [0.5, 0.6) is 0 Å². The summed E-state index contributed by atoms with van der Waals surface area (Å²) in [5.74, 6) is -0.319. The number of hydrogen-bond acceptors (Lipinski definition) is 4. The summed E-state index contributed by atoms with van der Waals surface area (Å²) in [4.78, 5) is 29.7. The van der Waals surface area contributed by atoms with E-state index in [0.29, 0.717) is 25.9 Å². The van der Waals surface area contributed by atoms with Crippen molar-refractivity contribution in [1.82, 2.24) is 14.5 Å². The Morgan fingerprint density at radius 2 is 2.23 bits per heavy atom. The summed E-state index contributed by atoms with van der Waals surface area (Å²) in [6.07, 6.45) is 4.32. The quantitative estimate of drug-likeness (QED) is 0.811. The number of carbonyl (C=O) groups is 1. The van der Waals surface area contributed by atoms with Gasteiger partial charge in [0.1, 0.15) is 12.4 Å². The topological polar surface area (TPSA) is 64.4 Å². The number of likely N-dealkylation sites (tertiary alicyclic amines) is 1. The van der Waals surface area contributed by atoms with Gasteiger partial charge in [-0.25, -0.2) is 14.2 Å². The van der Waals surface area contributed by atoms with Crippen LogP contribution in [0.15, 0.2) is 47.5 Å². The third kappa shape index (κ3) is 4.35. The maximum absolute atomic E-state index is 13.5. The summed E-state index contributed by atoms with van der Waals surface area (Å²) in [6.45, 7) is 1.06. The number of rotatable bonds is 5. The Bertz CT molecular complexity index is 823. The van der Waals surface area contributed by atoms with Gasteiger partial charge in [0.2, 0.25) is 5.91 Å². The molecule has 1 aliphatic heterocycles. The Kier molecular flexibility index (Phi) is 5.78. The van der Waals surface area contributed by atoms with Crippen molar-refractivity contribution < 1.29 is 13.9 Å². The summed E-state index contributed by atoms with van der Waals surface area (Å²) < 4.78 is 20.3. The molecule has 0 bridgehead atoms. The number of methoxy groups -OCH3 is 1. The van der Waals surface area contributed by atoms with Crippen molar-refractivity contribution in [2.45, 2.75) is 25.5 Å². The van der Waals surface area contributed by atoms with Gasteiger partial charge in [0.15, 0.2) is 0 Å². The average Bonchev–Trinajstić information content (AvgIpc) is 2.63. The number of piperidine rings is 1. The monoisotopic (exact) mass is 359 g/mol. The van der Waals surface area contributed by atoms with Crippen molar-refractivity contribution in [3.05, 3.63) is 64.6 Å². The molecule has 1 aromatic carbocycles. The molecule has 138 valence electrons. The minimum atomic E-state index is -0.441. The van der Waals surface area contributed by atoms with Crippen molar-refractivity contribution in [3.63, 3.8) is 0 Å². The molecule has 6 nitrogen and oxygen atoms in total. The number of amides is 1. The summed E-state index contributed by atoms with van der Waals surface area (Å²) in [5.41, 5.74) is 0.443. The molecule has 0 N–H and O–H groups in total. The van der Waals surface area contributed by atoms with E-state index in [0.717, 1.165) is 5.56 Å². The molecule has 1 aromatic heterocycles. The highest BCUT2D eigenvalue weighted by atomic mass is 19.1. The van der Waals surface area contributed by atoms with Crippen LogP contribution in [0.1, 0.15) is 12.0 Å². The summed E-state index contributed by atoms with van der Waals surface area (Å²) in [6, 6.07) is 8.12. The van der Waals surface area contributed by atoms with E-state index in [1.807, 2.05) is 6.07 Å². The fraction of sp³-hybridized carbons (Fsp3) is 0.421. The molecule has 7 heteroatoms. The fourth-order valence-electron chi connectivity index (χ4n) is 3.46. The summed E-state index contributed by atoms with van der Waals surface area (Å²) >= 11 is 0. The highest BCUT2D eigenvalue weighted by Gasteiger charge is 2.31. The van der Waals surface area contributed by atoms with Gasteiger partial charge in [0.25, 0.3) is 0 Å². The Hall–Kier alpha value is -2.54. The van der Waals surface area contributed by atoms with Crippen molar-refractivity contribution in [3.8, 4) is 0 Å². The molecule has 0 saturated carbocycles. The highest BCUT2D eigenvalue weighted by molar-refractivity contribution is 5.76. The van der Waals surface area contributed by atoms with Gasteiger partial charge >= 0.3 is 5.69 Å². The summed E-state index contributed by atoms with van der Waals surface area (Å²) in [7, 11) is 1.66. The molecule has 2 heterocycles. The predicted octanol–water partition coefficient (Wildman–Crippen LogP) is 1.49. The lowest BCUT2D eigenvalue weighted by atomic mass is 9.88. The molecular weight excluding hydrogens is 337 g/mol. The second-order valence-corrected chi connectivity index (χ2v) is 6.53. The van der Waals surface area contributed by atoms with E-state index in [4.69, 9.17) is 4.74 Å². The minimum absolute atomic E-state index is 0.0171. The molecule has 1 saturated heterocycles. The SMILES string of the molecule is CO[C@@H]1CCN(C(=O)Cn2cccnc2=O)C[C@H]1Cc1cccc(F)c1. The summed E-state index contributed by atoms with van der Waals surface area (Å²) in [5, 5.41) is 0. The third-order valence-electron chi connectivity index (χ3n) is 4.79. The molecule has 26 heavy (non-hydrogen) atoms. The lowest BCUT2D eigenvalue weighted by Crippen LogP contribution is -2.48. The van der Waals surface area contributed by atoms with E-state index in [1.165, 1.54) is 22.9 Å². The van der Waals surface area contributed by atoms with E-state index >= 15 is 0 Å². The number of halogens is 1. The molecule has 0 radical (unpaired) electrons. The molecule has 1 aliphatic rings.